The van der Waals surface area contributed by atoms with Gasteiger partial charge in [0.15, 0.2) is 6.29 Å². The first-order valence-corrected chi connectivity index (χ1v) is 16.9. The average molecular weight is 659 g/mol. The number of rotatable bonds is 11. The molecular weight excluding hydrogens is 613 g/mol. The highest BCUT2D eigenvalue weighted by Crippen LogP contribution is 2.47. The summed E-state index contributed by atoms with van der Waals surface area (Å²) in [6.45, 7) is 3.42. The summed E-state index contributed by atoms with van der Waals surface area (Å²) >= 11 is 0. The predicted octanol–water partition coefficient (Wildman–Crippen LogP) is 11.1. The van der Waals surface area contributed by atoms with Crippen LogP contribution in [0.5, 0.6) is 5.75 Å². The van der Waals surface area contributed by atoms with Crippen LogP contribution in [0.25, 0.3) is 0 Å². The van der Waals surface area contributed by atoms with Crippen LogP contribution < -0.4 is 4.74 Å². The van der Waals surface area contributed by atoms with Crippen molar-refractivity contribution < 1.29 is 44.9 Å². The van der Waals surface area contributed by atoms with Gasteiger partial charge in [0.25, 0.3) is 0 Å². The second kappa shape index (κ2) is 15.3. The molecule has 1 heterocycles. The van der Waals surface area contributed by atoms with Crippen molar-refractivity contribution in [1.29, 1.82) is 0 Å². The van der Waals surface area contributed by atoms with Crippen molar-refractivity contribution in [2.24, 2.45) is 23.7 Å². The summed E-state index contributed by atoms with van der Waals surface area (Å²) in [5.41, 5.74) is 0.787. The van der Waals surface area contributed by atoms with Gasteiger partial charge in [-0.05, 0) is 98.8 Å². The van der Waals surface area contributed by atoms with Crippen LogP contribution >= 0.6 is 0 Å². The first-order chi connectivity index (χ1) is 21.9. The molecule has 256 valence electrons. The zero-order valence-electron chi connectivity index (χ0n) is 26.4. The highest BCUT2D eigenvalue weighted by atomic mass is 19.4. The zero-order valence-corrected chi connectivity index (χ0v) is 26.4. The molecule has 3 fully saturated rings. The molecule has 2 aromatic carbocycles. The van der Waals surface area contributed by atoms with E-state index in [1.54, 1.807) is 0 Å². The Bertz CT molecular complexity index is 1260. The fraction of sp³-hybridized carbons (Fsp3) is 0.667. The molecular formula is C36H45F7O3. The van der Waals surface area contributed by atoms with Crippen LogP contribution in [0.2, 0.25) is 0 Å². The third kappa shape index (κ3) is 9.18. The molecule has 5 rings (SSSR count). The van der Waals surface area contributed by atoms with E-state index in [1.807, 2.05) is 12.1 Å². The van der Waals surface area contributed by atoms with E-state index in [4.69, 9.17) is 14.2 Å². The monoisotopic (exact) mass is 658 g/mol. The normalized spacial score (nSPS) is 27.8. The number of alkyl halides is 5. The minimum absolute atomic E-state index is 0.110. The third-order valence-corrected chi connectivity index (χ3v) is 10.3. The maximum Gasteiger partial charge on any atom is 0.400 e. The van der Waals surface area contributed by atoms with Gasteiger partial charge in [-0.25, -0.2) is 8.78 Å². The highest BCUT2D eigenvalue weighted by molar-refractivity contribution is 5.30. The molecule has 2 aliphatic carbocycles. The molecule has 2 aromatic rings. The van der Waals surface area contributed by atoms with E-state index >= 15 is 4.39 Å². The van der Waals surface area contributed by atoms with E-state index in [-0.39, 0.29) is 24.6 Å². The topological polar surface area (TPSA) is 27.7 Å². The smallest absolute Gasteiger partial charge is 0.400 e. The first kappa shape index (κ1) is 35.0. The predicted molar refractivity (Wildman–Crippen MR) is 161 cm³/mol. The minimum Gasteiger partial charge on any atom is -0.432 e. The molecule has 0 bridgehead atoms. The van der Waals surface area contributed by atoms with E-state index in [0.717, 1.165) is 50.7 Å². The summed E-state index contributed by atoms with van der Waals surface area (Å²) in [6, 6.07) is 7.70. The van der Waals surface area contributed by atoms with Crippen molar-refractivity contribution in [3.05, 3.63) is 64.7 Å². The Balaban J connectivity index is 1.06. The molecule has 10 heteroatoms. The first-order valence-electron chi connectivity index (χ1n) is 16.9. The van der Waals surface area contributed by atoms with Crippen LogP contribution in [0.3, 0.4) is 0 Å². The maximum atomic E-state index is 15.3. The van der Waals surface area contributed by atoms with Crippen LogP contribution in [-0.2, 0) is 15.9 Å². The molecule has 1 aliphatic heterocycles. The van der Waals surface area contributed by atoms with Gasteiger partial charge < -0.3 is 14.2 Å². The van der Waals surface area contributed by atoms with Crippen LogP contribution in [-0.4, -0.2) is 25.5 Å². The lowest BCUT2D eigenvalue weighted by molar-refractivity contribution is -0.224. The largest absolute Gasteiger partial charge is 0.432 e. The molecule has 0 unspecified atom stereocenters. The van der Waals surface area contributed by atoms with Crippen LogP contribution in [0, 0.1) is 35.3 Å². The van der Waals surface area contributed by atoms with Gasteiger partial charge in [-0.2, -0.15) is 22.0 Å². The lowest BCUT2D eigenvalue weighted by atomic mass is 9.68. The highest BCUT2D eigenvalue weighted by Gasteiger charge is 2.45. The zero-order chi connectivity index (χ0) is 32.9. The summed E-state index contributed by atoms with van der Waals surface area (Å²) in [5.74, 6) is -1.83. The molecule has 0 spiro atoms. The number of ether oxygens (including phenoxy) is 3. The Morgan fingerprint density at radius 2 is 1.41 bits per heavy atom. The molecule has 46 heavy (non-hydrogen) atoms. The van der Waals surface area contributed by atoms with Crippen molar-refractivity contribution in [2.45, 2.75) is 115 Å². The van der Waals surface area contributed by atoms with Crippen LogP contribution in [0.1, 0.15) is 113 Å². The summed E-state index contributed by atoms with van der Waals surface area (Å²) < 4.78 is 114. The molecule has 0 amide bonds. The van der Waals surface area contributed by atoms with Crippen molar-refractivity contribution in [3.8, 4) is 5.75 Å². The molecule has 1 saturated heterocycles. The molecule has 0 atom stereocenters. The van der Waals surface area contributed by atoms with Crippen molar-refractivity contribution in [3.63, 3.8) is 0 Å². The van der Waals surface area contributed by atoms with Gasteiger partial charge in [0.2, 0.25) is 0 Å². The Labute approximate surface area is 267 Å². The van der Waals surface area contributed by atoms with Crippen molar-refractivity contribution >= 4 is 0 Å². The second-order valence-electron chi connectivity index (χ2n) is 13.6. The number of halogens is 7. The minimum atomic E-state index is -4.61. The molecule has 3 nitrogen and oxygen atoms in total. The number of unbranched alkanes of at least 4 members (excludes halogenated alkanes) is 2. The lowest BCUT2D eigenvalue weighted by Gasteiger charge is -2.39. The van der Waals surface area contributed by atoms with E-state index in [1.165, 1.54) is 18.9 Å². The van der Waals surface area contributed by atoms with Gasteiger partial charge >= 0.3 is 12.3 Å². The molecule has 3 aliphatic rings. The summed E-state index contributed by atoms with van der Waals surface area (Å²) in [4.78, 5) is 0. The van der Waals surface area contributed by atoms with Gasteiger partial charge in [-0.3, -0.25) is 0 Å². The quantitative estimate of drug-likeness (QED) is 0.178. The van der Waals surface area contributed by atoms with E-state index < -0.39 is 48.0 Å². The number of hydrogen-bond donors (Lipinski definition) is 0. The average Bonchev–Trinajstić information content (AvgIpc) is 3.02. The van der Waals surface area contributed by atoms with Crippen molar-refractivity contribution in [2.75, 3.05) is 13.2 Å². The van der Waals surface area contributed by atoms with E-state index in [0.29, 0.717) is 61.0 Å². The van der Waals surface area contributed by atoms with Crippen LogP contribution in [0.15, 0.2) is 36.4 Å². The Morgan fingerprint density at radius 1 is 0.761 bits per heavy atom. The Hall–Kier alpha value is -2.33. The number of benzene rings is 2. The molecule has 2 saturated carbocycles. The lowest BCUT2D eigenvalue weighted by Crippen LogP contribution is -2.38. The fourth-order valence-corrected chi connectivity index (χ4v) is 7.63. The molecule has 0 radical (unpaired) electrons. The van der Waals surface area contributed by atoms with Gasteiger partial charge in [-0.15, -0.1) is 0 Å². The molecule has 0 N–H and O–H groups in total. The Kier molecular flexibility index (Phi) is 11.6. The van der Waals surface area contributed by atoms with Crippen molar-refractivity contribution in [1.82, 2.24) is 0 Å². The van der Waals surface area contributed by atoms with Gasteiger partial charge in [-0.1, -0.05) is 44.4 Å². The molecule has 0 aromatic heterocycles. The van der Waals surface area contributed by atoms with Crippen LogP contribution in [0.4, 0.5) is 30.7 Å². The summed E-state index contributed by atoms with van der Waals surface area (Å²) in [5, 5.41) is 0. The fourth-order valence-electron chi connectivity index (χ4n) is 7.63. The summed E-state index contributed by atoms with van der Waals surface area (Å²) in [6.07, 6.45) is -0.362. The van der Waals surface area contributed by atoms with E-state index in [9.17, 15) is 26.3 Å². The van der Waals surface area contributed by atoms with E-state index in [2.05, 4.69) is 6.92 Å². The van der Waals surface area contributed by atoms with Gasteiger partial charge in [0.1, 0.15) is 17.4 Å². The maximum absolute atomic E-state index is 15.3. The number of hydrogen-bond acceptors (Lipinski definition) is 3. The SMILES string of the molecule is CCCCCC1COC(c2ccc(C3CCC(C4CCC(C(F)(F)Oc5ccc(CC(F)(F)F)c(F)c5)CC4)CC3)c(F)c2)OC1. The summed E-state index contributed by atoms with van der Waals surface area (Å²) in [7, 11) is 0. The second-order valence-corrected chi connectivity index (χ2v) is 13.6. The standard InChI is InChI=1S/C36H45F7O3/c1-2-3-4-5-23-21-44-34(45-22-23)27-13-17-31(33(38)18-27)26-8-6-24(7-9-26)25-10-14-29(15-11-25)36(42,43)46-30-16-12-28(32(37)19-30)20-35(39,40)41/h12-13,16-19,23-26,29,34H,2-11,14-15,20-22H2,1H3. The third-order valence-electron chi connectivity index (χ3n) is 10.3. The Morgan fingerprint density at radius 3 is 2.00 bits per heavy atom. The van der Waals surface area contributed by atoms with Gasteiger partial charge in [0.05, 0.1) is 25.6 Å². The van der Waals surface area contributed by atoms with Gasteiger partial charge in [0, 0.05) is 17.5 Å².